The molecule has 4 nitrogen and oxygen atoms in total. The first-order valence-electron chi connectivity index (χ1n) is 5.88. The summed E-state index contributed by atoms with van der Waals surface area (Å²) >= 11 is 0. The average molecular weight is 275 g/mol. The number of nitrogen functional groups attached to an aromatic ring is 1. The maximum atomic E-state index is 13.9. The second-order valence-corrected chi connectivity index (χ2v) is 4.13. The van der Waals surface area contributed by atoms with Crippen molar-refractivity contribution in [3.63, 3.8) is 0 Å². The van der Waals surface area contributed by atoms with Crippen LogP contribution in [-0.4, -0.2) is 20.0 Å². The van der Waals surface area contributed by atoms with E-state index in [1.165, 1.54) is 38.5 Å². The number of methoxy groups -OCH3 is 2. The monoisotopic (exact) mass is 275 g/mol. The molecule has 2 aromatic rings. The molecular weight excluding hydrogens is 261 g/mol. The van der Waals surface area contributed by atoms with Crippen molar-refractivity contribution in [1.29, 1.82) is 0 Å². The normalized spacial score (nSPS) is 10.2. The SMILES string of the molecule is COc1ccc(C(=O)c2ccc(N)cc2OC)c(F)c1. The van der Waals surface area contributed by atoms with Crippen LogP contribution in [0.1, 0.15) is 15.9 Å². The zero-order chi connectivity index (χ0) is 14.7. The topological polar surface area (TPSA) is 61.5 Å². The molecule has 0 aromatic heterocycles. The second-order valence-electron chi connectivity index (χ2n) is 4.13. The van der Waals surface area contributed by atoms with Gasteiger partial charge in [0.15, 0.2) is 5.78 Å². The van der Waals surface area contributed by atoms with E-state index in [0.717, 1.165) is 6.07 Å². The third-order valence-corrected chi connectivity index (χ3v) is 2.89. The van der Waals surface area contributed by atoms with Crippen molar-refractivity contribution in [2.24, 2.45) is 0 Å². The van der Waals surface area contributed by atoms with Crippen LogP contribution in [0.15, 0.2) is 36.4 Å². The Morgan fingerprint density at radius 2 is 1.75 bits per heavy atom. The lowest BCUT2D eigenvalue weighted by molar-refractivity contribution is 0.103. The molecule has 2 rings (SSSR count). The van der Waals surface area contributed by atoms with Crippen LogP contribution in [0.5, 0.6) is 11.5 Å². The van der Waals surface area contributed by atoms with Gasteiger partial charge in [-0.05, 0) is 24.3 Å². The first-order chi connectivity index (χ1) is 9.56. The minimum absolute atomic E-state index is 0.0473. The lowest BCUT2D eigenvalue weighted by Crippen LogP contribution is -2.07. The van der Waals surface area contributed by atoms with Gasteiger partial charge in [-0.2, -0.15) is 0 Å². The summed E-state index contributed by atoms with van der Waals surface area (Å²) in [6.07, 6.45) is 0. The predicted octanol–water partition coefficient (Wildman–Crippen LogP) is 2.66. The number of ether oxygens (including phenoxy) is 2. The van der Waals surface area contributed by atoms with Crippen molar-refractivity contribution in [1.82, 2.24) is 0 Å². The summed E-state index contributed by atoms with van der Waals surface area (Å²) in [5.74, 6) is -0.455. The van der Waals surface area contributed by atoms with Crippen LogP contribution in [-0.2, 0) is 0 Å². The first kappa shape index (κ1) is 13.9. The Balaban J connectivity index is 2.46. The molecule has 0 bridgehead atoms. The summed E-state index contributed by atoms with van der Waals surface area (Å²) in [7, 11) is 2.86. The van der Waals surface area contributed by atoms with E-state index in [1.54, 1.807) is 6.07 Å². The van der Waals surface area contributed by atoms with Gasteiger partial charge in [0.25, 0.3) is 0 Å². The van der Waals surface area contributed by atoms with Crippen LogP contribution < -0.4 is 15.2 Å². The quantitative estimate of drug-likeness (QED) is 0.688. The van der Waals surface area contributed by atoms with Gasteiger partial charge in [-0.15, -0.1) is 0 Å². The van der Waals surface area contributed by atoms with Gasteiger partial charge in [0.2, 0.25) is 0 Å². The van der Waals surface area contributed by atoms with Crippen molar-refractivity contribution < 1.29 is 18.7 Å². The summed E-state index contributed by atoms with van der Waals surface area (Å²) in [6, 6.07) is 8.68. The minimum atomic E-state index is -0.645. The molecular formula is C15H14FNO3. The van der Waals surface area contributed by atoms with Gasteiger partial charge in [-0.3, -0.25) is 4.79 Å². The van der Waals surface area contributed by atoms with Crippen LogP contribution in [0.2, 0.25) is 0 Å². The standard InChI is InChI=1S/C15H14FNO3/c1-19-10-4-6-11(13(16)8-10)15(18)12-5-3-9(17)7-14(12)20-2/h3-8H,17H2,1-2H3. The molecule has 104 valence electrons. The molecule has 0 spiro atoms. The van der Waals surface area contributed by atoms with E-state index in [1.807, 2.05) is 0 Å². The largest absolute Gasteiger partial charge is 0.497 e. The highest BCUT2D eigenvalue weighted by molar-refractivity contribution is 6.11. The van der Waals surface area contributed by atoms with Crippen molar-refractivity contribution in [2.75, 3.05) is 20.0 Å². The fourth-order valence-electron chi connectivity index (χ4n) is 1.85. The van der Waals surface area contributed by atoms with E-state index < -0.39 is 11.6 Å². The lowest BCUT2D eigenvalue weighted by Gasteiger charge is -2.09. The molecule has 0 unspecified atom stereocenters. The van der Waals surface area contributed by atoms with Gasteiger partial charge in [-0.25, -0.2) is 4.39 Å². The summed E-state index contributed by atoms with van der Waals surface area (Å²) in [5, 5.41) is 0. The molecule has 5 heteroatoms. The van der Waals surface area contributed by atoms with Gasteiger partial charge in [-0.1, -0.05) is 0 Å². The molecule has 0 atom stereocenters. The molecule has 20 heavy (non-hydrogen) atoms. The molecule has 0 amide bonds. The van der Waals surface area contributed by atoms with E-state index in [4.69, 9.17) is 15.2 Å². The number of carbonyl (C=O) groups is 1. The second kappa shape index (κ2) is 5.61. The molecule has 0 saturated heterocycles. The molecule has 0 aliphatic heterocycles. The zero-order valence-electron chi connectivity index (χ0n) is 11.1. The maximum absolute atomic E-state index is 13.9. The lowest BCUT2D eigenvalue weighted by atomic mass is 10.0. The van der Waals surface area contributed by atoms with Gasteiger partial charge in [0, 0.05) is 17.8 Å². The van der Waals surface area contributed by atoms with Crippen molar-refractivity contribution in [3.05, 3.63) is 53.3 Å². The molecule has 2 N–H and O–H groups in total. The molecule has 0 aliphatic carbocycles. The number of carbonyl (C=O) groups excluding carboxylic acids is 1. The summed E-state index contributed by atoms with van der Waals surface area (Å²) in [6.45, 7) is 0. The van der Waals surface area contributed by atoms with E-state index in [0.29, 0.717) is 17.2 Å². The predicted molar refractivity (Wildman–Crippen MR) is 73.8 cm³/mol. The number of nitrogens with two attached hydrogens (primary N) is 1. The van der Waals surface area contributed by atoms with E-state index in [-0.39, 0.29) is 11.1 Å². The zero-order valence-corrected chi connectivity index (χ0v) is 11.1. The van der Waals surface area contributed by atoms with E-state index in [2.05, 4.69) is 0 Å². The van der Waals surface area contributed by atoms with Crippen molar-refractivity contribution in [3.8, 4) is 11.5 Å². The fraction of sp³-hybridized carbons (Fsp3) is 0.133. The van der Waals surface area contributed by atoms with Gasteiger partial charge in [0.05, 0.1) is 25.3 Å². The van der Waals surface area contributed by atoms with Crippen LogP contribution >= 0.6 is 0 Å². The number of rotatable bonds is 4. The maximum Gasteiger partial charge on any atom is 0.199 e. The smallest absolute Gasteiger partial charge is 0.199 e. The fourth-order valence-corrected chi connectivity index (χ4v) is 1.85. The molecule has 0 radical (unpaired) electrons. The van der Waals surface area contributed by atoms with Gasteiger partial charge in [0.1, 0.15) is 17.3 Å². The summed E-state index contributed by atoms with van der Waals surface area (Å²) in [4.78, 5) is 12.4. The number of ketones is 1. The van der Waals surface area contributed by atoms with Crippen molar-refractivity contribution >= 4 is 11.5 Å². The highest BCUT2D eigenvalue weighted by Crippen LogP contribution is 2.26. The van der Waals surface area contributed by atoms with Gasteiger partial charge >= 0.3 is 0 Å². The van der Waals surface area contributed by atoms with E-state index in [9.17, 15) is 9.18 Å². The van der Waals surface area contributed by atoms with Crippen LogP contribution in [0.25, 0.3) is 0 Å². The third kappa shape index (κ3) is 2.56. The average Bonchev–Trinajstić information content (AvgIpc) is 2.46. The molecule has 0 saturated carbocycles. The molecule has 0 aliphatic rings. The molecule has 2 aromatic carbocycles. The number of anilines is 1. The Morgan fingerprint density at radius 1 is 1.05 bits per heavy atom. The molecule has 0 heterocycles. The highest BCUT2D eigenvalue weighted by Gasteiger charge is 2.18. The Hall–Kier alpha value is -2.56. The summed E-state index contributed by atoms with van der Waals surface area (Å²) in [5.41, 5.74) is 6.30. The van der Waals surface area contributed by atoms with Crippen LogP contribution in [0.3, 0.4) is 0 Å². The van der Waals surface area contributed by atoms with E-state index >= 15 is 0 Å². The Bertz CT molecular complexity index is 656. The van der Waals surface area contributed by atoms with Crippen LogP contribution in [0.4, 0.5) is 10.1 Å². The Kier molecular flexibility index (Phi) is 3.89. The Labute approximate surface area is 115 Å². The third-order valence-electron chi connectivity index (χ3n) is 2.89. The minimum Gasteiger partial charge on any atom is -0.497 e. The van der Waals surface area contributed by atoms with Crippen molar-refractivity contribution in [2.45, 2.75) is 0 Å². The number of hydrogen-bond acceptors (Lipinski definition) is 4. The first-order valence-corrected chi connectivity index (χ1v) is 5.88. The Morgan fingerprint density at radius 3 is 2.35 bits per heavy atom. The van der Waals surface area contributed by atoms with Crippen LogP contribution in [0, 0.1) is 5.82 Å². The number of halogens is 1. The summed E-state index contributed by atoms with van der Waals surface area (Å²) < 4.78 is 23.9. The molecule has 0 fully saturated rings. The highest BCUT2D eigenvalue weighted by atomic mass is 19.1. The number of hydrogen-bond donors (Lipinski definition) is 1. The van der Waals surface area contributed by atoms with Gasteiger partial charge < -0.3 is 15.2 Å². The number of benzene rings is 2.